The molecule has 0 radical (unpaired) electrons. The van der Waals surface area contributed by atoms with Crippen molar-refractivity contribution in [3.05, 3.63) is 36.1 Å². The van der Waals surface area contributed by atoms with Gasteiger partial charge >= 0.3 is 6.03 Å². The van der Waals surface area contributed by atoms with Gasteiger partial charge in [0.05, 0.1) is 5.69 Å². The Kier molecular flexibility index (Phi) is 5.27. The summed E-state index contributed by atoms with van der Waals surface area (Å²) in [5.41, 5.74) is 1.55. The van der Waals surface area contributed by atoms with Gasteiger partial charge in [0.25, 0.3) is 0 Å². The lowest BCUT2D eigenvalue weighted by molar-refractivity contribution is 0.222. The molecule has 0 atom stereocenters. The Labute approximate surface area is 127 Å². The summed E-state index contributed by atoms with van der Waals surface area (Å²) in [5, 5.41) is 3.50. The van der Waals surface area contributed by atoms with Crippen molar-refractivity contribution in [2.45, 2.75) is 19.8 Å². The first-order valence-electron chi connectivity index (χ1n) is 6.85. The minimum absolute atomic E-state index is 0.141. The second-order valence-corrected chi connectivity index (χ2v) is 5.59. The standard InChI is InChI=1S/C15H18FN3OS/c1-3-4-9-19(2)15(20)17-14-10-13(18-21-14)11-5-7-12(16)8-6-11/h5-8,10H,3-4,9H2,1-2H3,(H,17,20). The lowest BCUT2D eigenvalue weighted by Gasteiger charge is -2.16. The average molecular weight is 307 g/mol. The van der Waals surface area contributed by atoms with Crippen molar-refractivity contribution in [1.82, 2.24) is 9.27 Å². The molecule has 0 aliphatic heterocycles. The zero-order valence-electron chi connectivity index (χ0n) is 12.1. The summed E-state index contributed by atoms with van der Waals surface area (Å²) in [6.45, 7) is 2.82. The molecule has 0 aliphatic carbocycles. The van der Waals surface area contributed by atoms with Crippen LogP contribution in [0.15, 0.2) is 30.3 Å². The monoisotopic (exact) mass is 307 g/mol. The van der Waals surface area contributed by atoms with Crippen molar-refractivity contribution in [3.8, 4) is 11.3 Å². The number of rotatable bonds is 5. The van der Waals surface area contributed by atoms with E-state index in [4.69, 9.17) is 0 Å². The van der Waals surface area contributed by atoms with Crippen LogP contribution in [0.25, 0.3) is 11.3 Å². The maximum atomic E-state index is 12.9. The predicted octanol–water partition coefficient (Wildman–Crippen LogP) is 4.21. The minimum Gasteiger partial charge on any atom is -0.328 e. The number of hydrogen-bond acceptors (Lipinski definition) is 3. The van der Waals surface area contributed by atoms with Gasteiger partial charge < -0.3 is 4.90 Å². The number of urea groups is 1. The summed E-state index contributed by atoms with van der Waals surface area (Å²) in [4.78, 5) is 13.6. The molecule has 2 aromatic rings. The normalized spacial score (nSPS) is 10.4. The lowest BCUT2D eigenvalue weighted by atomic mass is 10.1. The fourth-order valence-corrected chi connectivity index (χ4v) is 2.44. The molecule has 21 heavy (non-hydrogen) atoms. The Morgan fingerprint density at radius 3 is 2.76 bits per heavy atom. The highest BCUT2D eigenvalue weighted by Gasteiger charge is 2.11. The number of nitrogens with zero attached hydrogens (tertiary/aromatic N) is 2. The molecule has 0 bridgehead atoms. The molecule has 1 aromatic heterocycles. The second kappa shape index (κ2) is 7.17. The van der Waals surface area contributed by atoms with Crippen LogP contribution < -0.4 is 5.32 Å². The van der Waals surface area contributed by atoms with Gasteiger partial charge in [0.2, 0.25) is 0 Å². The number of carbonyl (C=O) groups is 1. The van der Waals surface area contributed by atoms with E-state index in [0.717, 1.165) is 30.6 Å². The topological polar surface area (TPSA) is 45.2 Å². The molecular weight excluding hydrogens is 289 g/mol. The van der Waals surface area contributed by atoms with E-state index in [1.807, 2.05) is 0 Å². The third-order valence-corrected chi connectivity index (χ3v) is 3.78. The van der Waals surface area contributed by atoms with Gasteiger partial charge in [0.1, 0.15) is 10.8 Å². The van der Waals surface area contributed by atoms with Crippen molar-refractivity contribution in [3.63, 3.8) is 0 Å². The molecule has 6 heteroatoms. The van der Waals surface area contributed by atoms with Crippen LogP contribution in [0, 0.1) is 5.82 Å². The average Bonchev–Trinajstić information content (AvgIpc) is 2.93. The van der Waals surface area contributed by atoms with E-state index in [9.17, 15) is 9.18 Å². The fourth-order valence-electron chi connectivity index (χ4n) is 1.79. The van der Waals surface area contributed by atoms with Gasteiger partial charge in [-0.1, -0.05) is 13.3 Å². The Bertz CT molecular complexity index is 597. The molecule has 0 saturated carbocycles. The quantitative estimate of drug-likeness (QED) is 0.899. The van der Waals surface area contributed by atoms with Crippen LogP contribution in [0.2, 0.25) is 0 Å². The van der Waals surface area contributed by atoms with Gasteiger partial charge in [-0.3, -0.25) is 5.32 Å². The smallest absolute Gasteiger partial charge is 0.322 e. The highest BCUT2D eigenvalue weighted by Crippen LogP contribution is 2.25. The molecule has 112 valence electrons. The van der Waals surface area contributed by atoms with Crippen LogP contribution in [0.4, 0.5) is 14.2 Å². The number of amides is 2. The molecule has 0 spiro atoms. The van der Waals surface area contributed by atoms with Crippen LogP contribution >= 0.6 is 11.5 Å². The number of hydrogen-bond donors (Lipinski definition) is 1. The van der Waals surface area contributed by atoms with Crippen molar-refractivity contribution >= 4 is 22.6 Å². The number of aromatic nitrogens is 1. The summed E-state index contributed by atoms with van der Waals surface area (Å²) in [5.74, 6) is -0.278. The van der Waals surface area contributed by atoms with Gasteiger partial charge in [-0.15, -0.1) is 0 Å². The number of unbranched alkanes of at least 4 members (excludes halogenated alkanes) is 1. The van der Waals surface area contributed by atoms with E-state index >= 15 is 0 Å². The van der Waals surface area contributed by atoms with Crippen LogP contribution in [0.5, 0.6) is 0 Å². The van der Waals surface area contributed by atoms with E-state index in [-0.39, 0.29) is 11.8 Å². The highest BCUT2D eigenvalue weighted by atomic mass is 32.1. The maximum Gasteiger partial charge on any atom is 0.322 e. The summed E-state index contributed by atoms with van der Waals surface area (Å²) in [6, 6.07) is 7.78. The fraction of sp³-hybridized carbons (Fsp3) is 0.333. The maximum absolute atomic E-state index is 12.9. The van der Waals surface area contributed by atoms with Crippen molar-refractivity contribution in [2.24, 2.45) is 0 Å². The largest absolute Gasteiger partial charge is 0.328 e. The number of carbonyl (C=O) groups excluding carboxylic acids is 1. The third kappa shape index (κ3) is 4.26. The first-order valence-corrected chi connectivity index (χ1v) is 7.62. The second-order valence-electron chi connectivity index (χ2n) is 4.79. The Hall–Kier alpha value is -1.95. The van der Waals surface area contributed by atoms with Crippen molar-refractivity contribution in [1.29, 1.82) is 0 Å². The van der Waals surface area contributed by atoms with Gasteiger partial charge in [0.15, 0.2) is 0 Å². The molecule has 1 aromatic carbocycles. The van der Waals surface area contributed by atoms with Gasteiger partial charge in [-0.2, -0.15) is 4.37 Å². The summed E-state index contributed by atoms with van der Waals surface area (Å²) in [7, 11) is 1.77. The van der Waals surface area contributed by atoms with Gasteiger partial charge in [-0.05, 0) is 42.2 Å². The number of halogens is 1. The lowest BCUT2D eigenvalue weighted by Crippen LogP contribution is -2.31. The van der Waals surface area contributed by atoms with E-state index < -0.39 is 0 Å². The third-order valence-electron chi connectivity index (χ3n) is 3.07. The number of nitrogens with one attached hydrogen (secondary N) is 1. The zero-order chi connectivity index (χ0) is 15.2. The predicted molar refractivity (Wildman–Crippen MR) is 84.1 cm³/mol. The number of benzene rings is 1. The van der Waals surface area contributed by atoms with E-state index in [2.05, 4.69) is 16.6 Å². The highest BCUT2D eigenvalue weighted by molar-refractivity contribution is 7.10. The first kappa shape index (κ1) is 15.4. The van der Waals surface area contributed by atoms with E-state index in [0.29, 0.717) is 5.00 Å². The molecule has 1 heterocycles. The van der Waals surface area contributed by atoms with E-state index in [1.165, 1.54) is 23.7 Å². The molecule has 0 unspecified atom stereocenters. The molecule has 4 nitrogen and oxygen atoms in total. The van der Waals surface area contributed by atoms with Crippen LogP contribution in [-0.2, 0) is 0 Å². The Morgan fingerprint density at radius 2 is 2.10 bits per heavy atom. The van der Waals surface area contributed by atoms with Crippen LogP contribution in [0.1, 0.15) is 19.8 Å². The Morgan fingerprint density at radius 1 is 1.38 bits per heavy atom. The molecule has 0 saturated heterocycles. The van der Waals surface area contributed by atoms with Crippen molar-refractivity contribution in [2.75, 3.05) is 18.9 Å². The summed E-state index contributed by atoms with van der Waals surface area (Å²) < 4.78 is 17.2. The minimum atomic E-state index is -0.278. The van der Waals surface area contributed by atoms with Crippen LogP contribution in [-0.4, -0.2) is 28.9 Å². The molecule has 0 aliphatic rings. The molecule has 2 rings (SSSR count). The molecule has 2 amide bonds. The Balaban J connectivity index is 2.00. The first-order chi connectivity index (χ1) is 10.1. The zero-order valence-corrected chi connectivity index (χ0v) is 12.9. The molecule has 1 N–H and O–H groups in total. The number of anilines is 1. The van der Waals surface area contributed by atoms with Crippen molar-refractivity contribution < 1.29 is 9.18 Å². The molecular formula is C15H18FN3OS. The van der Waals surface area contributed by atoms with E-state index in [1.54, 1.807) is 30.1 Å². The van der Waals surface area contributed by atoms with Gasteiger partial charge in [-0.25, -0.2) is 9.18 Å². The summed E-state index contributed by atoms with van der Waals surface area (Å²) >= 11 is 1.22. The SMILES string of the molecule is CCCCN(C)C(=O)Nc1cc(-c2ccc(F)cc2)ns1. The van der Waals surface area contributed by atoms with Gasteiger partial charge in [0, 0.05) is 25.2 Å². The summed E-state index contributed by atoms with van der Waals surface area (Å²) in [6.07, 6.45) is 2.03. The molecule has 0 fully saturated rings. The van der Waals surface area contributed by atoms with Crippen LogP contribution in [0.3, 0.4) is 0 Å².